The third-order valence-corrected chi connectivity index (χ3v) is 1.65. The number of nitrogens with zero attached hydrogens (tertiary/aromatic N) is 2. The van der Waals surface area contributed by atoms with Crippen LogP contribution in [0.5, 0.6) is 0 Å². The van der Waals surface area contributed by atoms with Crippen LogP contribution in [-0.4, -0.2) is 21.8 Å². The maximum absolute atomic E-state index is 8.39. The Morgan fingerprint density at radius 3 is 1.60 bits per heavy atom. The minimum Gasteiger partial charge on any atom is -0.411 e. The molecule has 0 aromatic carbocycles. The van der Waals surface area contributed by atoms with Crippen molar-refractivity contribution in [3.63, 3.8) is 0 Å². The monoisotopic (exact) mass is 142 g/mol. The van der Waals surface area contributed by atoms with E-state index < -0.39 is 0 Å². The first kappa shape index (κ1) is 7.05. The summed E-state index contributed by atoms with van der Waals surface area (Å²) in [4.78, 5) is 0. The summed E-state index contributed by atoms with van der Waals surface area (Å²) in [5.41, 5.74) is 1.04. The predicted octanol–water partition coefficient (Wildman–Crippen LogP) is 1.22. The van der Waals surface area contributed by atoms with Crippen LogP contribution < -0.4 is 0 Å². The molecule has 0 aromatic heterocycles. The van der Waals surface area contributed by atoms with Crippen LogP contribution in [0.2, 0.25) is 0 Å². The fourth-order valence-electron chi connectivity index (χ4n) is 1.09. The summed E-state index contributed by atoms with van der Waals surface area (Å²) in [5.74, 6) is 0. The molecule has 0 radical (unpaired) electrons. The molecule has 0 atom stereocenters. The van der Waals surface area contributed by atoms with Crippen LogP contribution in [0.3, 0.4) is 0 Å². The van der Waals surface area contributed by atoms with Gasteiger partial charge in [-0.15, -0.1) is 0 Å². The van der Waals surface area contributed by atoms with Gasteiger partial charge < -0.3 is 10.4 Å². The molecule has 0 spiro atoms. The smallest absolute Gasteiger partial charge is 0.104 e. The van der Waals surface area contributed by atoms with Gasteiger partial charge in [0.25, 0.3) is 0 Å². The maximum Gasteiger partial charge on any atom is 0.104 e. The van der Waals surface area contributed by atoms with Crippen molar-refractivity contribution in [2.75, 3.05) is 0 Å². The van der Waals surface area contributed by atoms with Crippen LogP contribution >= 0.6 is 0 Å². The fourth-order valence-corrected chi connectivity index (χ4v) is 1.09. The highest BCUT2D eigenvalue weighted by atomic mass is 16.4. The van der Waals surface area contributed by atoms with Crippen LogP contribution in [0.1, 0.15) is 25.7 Å². The number of rotatable bonds is 0. The van der Waals surface area contributed by atoms with E-state index in [-0.39, 0.29) is 0 Å². The normalized spacial score (nSPS) is 27.6. The molecular weight excluding hydrogens is 132 g/mol. The Kier molecular flexibility index (Phi) is 2.25. The van der Waals surface area contributed by atoms with Gasteiger partial charge in [0.05, 0.1) is 0 Å². The van der Waals surface area contributed by atoms with Crippen molar-refractivity contribution in [1.29, 1.82) is 0 Å². The molecule has 0 amide bonds. The quantitative estimate of drug-likeness (QED) is 0.394. The van der Waals surface area contributed by atoms with Gasteiger partial charge in [0, 0.05) is 0 Å². The van der Waals surface area contributed by atoms with Gasteiger partial charge in [-0.3, -0.25) is 0 Å². The van der Waals surface area contributed by atoms with Gasteiger partial charge in [0.2, 0.25) is 0 Å². The van der Waals surface area contributed by atoms with Gasteiger partial charge in [0.1, 0.15) is 11.4 Å². The first-order valence-electron chi connectivity index (χ1n) is 3.30. The second kappa shape index (κ2) is 3.20. The minimum atomic E-state index is 0.522. The number of hydrogen-bond donors (Lipinski definition) is 2. The molecule has 1 fully saturated rings. The Bertz CT molecular complexity index is 155. The second-order valence-corrected chi connectivity index (χ2v) is 2.30. The highest BCUT2D eigenvalue weighted by molar-refractivity contribution is 6.42. The third kappa shape index (κ3) is 1.26. The van der Waals surface area contributed by atoms with Crippen molar-refractivity contribution in [2.24, 2.45) is 10.3 Å². The van der Waals surface area contributed by atoms with E-state index in [0.29, 0.717) is 11.4 Å². The molecule has 1 rings (SSSR count). The standard InChI is InChI=1S/C6H10N2O2/c9-7-5-3-1-2-4-6(5)8-10/h9-10H,1-4H2/b7-5+,8-6?. The summed E-state index contributed by atoms with van der Waals surface area (Å²) in [7, 11) is 0. The van der Waals surface area contributed by atoms with Gasteiger partial charge in [-0.2, -0.15) is 0 Å². The topological polar surface area (TPSA) is 65.2 Å². The maximum atomic E-state index is 8.39. The van der Waals surface area contributed by atoms with Gasteiger partial charge in [0.15, 0.2) is 0 Å². The number of hydrogen-bond acceptors (Lipinski definition) is 4. The van der Waals surface area contributed by atoms with E-state index in [2.05, 4.69) is 10.3 Å². The lowest BCUT2D eigenvalue weighted by atomic mass is 9.97. The zero-order chi connectivity index (χ0) is 7.40. The Hall–Kier alpha value is -1.06. The molecule has 0 bridgehead atoms. The lowest BCUT2D eigenvalue weighted by molar-refractivity contribution is 0.310. The van der Waals surface area contributed by atoms with E-state index >= 15 is 0 Å². The Morgan fingerprint density at radius 2 is 1.30 bits per heavy atom. The molecule has 56 valence electrons. The summed E-state index contributed by atoms with van der Waals surface area (Å²) in [6.07, 6.45) is 3.46. The van der Waals surface area contributed by atoms with Gasteiger partial charge in [-0.05, 0) is 25.7 Å². The van der Waals surface area contributed by atoms with Crippen LogP contribution in [0.4, 0.5) is 0 Å². The van der Waals surface area contributed by atoms with E-state index in [1.54, 1.807) is 0 Å². The van der Waals surface area contributed by atoms with Crippen molar-refractivity contribution in [2.45, 2.75) is 25.7 Å². The van der Waals surface area contributed by atoms with Crippen molar-refractivity contribution in [3.05, 3.63) is 0 Å². The lowest BCUT2D eigenvalue weighted by Gasteiger charge is -2.11. The Balaban J connectivity index is 2.69. The van der Waals surface area contributed by atoms with E-state index in [1.165, 1.54) is 0 Å². The molecule has 0 unspecified atom stereocenters. The van der Waals surface area contributed by atoms with E-state index in [0.717, 1.165) is 25.7 Å². The lowest BCUT2D eigenvalue weighted by Crippen LogP contribution is -2.18. The van der Waals surface area contributed by atoms with E-state index in [1.807, 2.05) is 0 Å². The first-order valence-corrected chi connectivity index (χ1v) is 3.30. The van der Waals surface area contributed by atoms with Crippen LogP contribution in [0.15, 0.2) is 10.3 Å². The highest BCUT2D eigenvalue weighted by Gasteiger charge is 2.15. The molecule has 1 aliphatic carbocycles. The minimum absolute atomic E-state index is 0.522. The molecule has 4 heteroatoms. The Labute approximate surface area is 58.8 Å². The zero-order valence-electron chi connectivity index (χ0n) is 5.62. The largest absolute Gasteiger partial charge is 0.411 e. The average Bonchev–Trinajstić information content (AvgIpc) is 2.04. The van der Waals surface area contributed by atoms with E-state index in [4.69, 9.17) is 10.4 Å². The summed E-state index contributed by atoms with van der Waals surface area (Å²) >= 11 is 0. The van der Waals surface area contributed by atoms with Crippen molar-refractivity contribution in [1.82, 2.24) is 0 Å². The zero-order valence-corrected chi connectivity index (χ0v) is 5.62. The molecular formula is C6H10N2O2. The fraction of sp³-hybridized carbons (Fsp3) is 0.667. The number of oxime groups is 2. The average molecular weight is 142 g/mol. The molecule has 0 saturated heterocycles. The molecule has 0 heterocycles. The van der Waals surface area contributed by atoms with Crippen LogP contribution in [0, 0.1) is 0 Å². The molecule has 1 aliphatic rings. The molecule has 2 N–H and O–H groups in total. The second-order valence-electron chi connectivity index (χ2n) is 2.30. The van der Waals surface area contributed by atoms with E-state index in [9.17, 15) is 0 Å². The molecule has 0 aliphatic heterocycles. The summed E-state index contributed by atoms with van der Waals surface area (Å²) in [5, 5.41) is 22.8. The molecule has 10 heavy (non-hydrogen) atoms. The highest BCUT2D eigenvalue weighted by Crippen LogP contribution is 2.12. The molecule has 0 aromatic rings. The van der Waals surface area contributed by atoms with Crippen molar-refractivity contribution in [3.8, 4) is 0 Å². The summed E-state index contributed by atoms with van der Waals surface area (Å²) < 4.78 is 0. The SMILES string of the molecule is ON=C1CCCC/C1=N\O. The first-order chi connectivity index (χ1) is 4.88. The van der Waals surface area contributed by atoms with Crippen LogP contribution in [-0.2, 0) is 0 Å². The third-order valence-electron chi connectivity index (χ3n) is 1.65. The van der Waals surface area contributed by atoms with Crippen molar-refractivity contribution < 1.29 is 10.4 Å². The van der Waals surface area contributed by atoms with Gasteiger partial charge >= 0.3 is 0 Å². The van der Waals surface area contributed by atoms with Gasteiger partial charge in [-0.1, -0.05) is 10.3 Å². The van der Waals surface area contributed by atoms with Gasteiger partial charge in [-0.25, -0.2) is 0 Å². The predicted molar refractivity (Wildman–Crippen MR) is 36.9 cm³/mol. The summed E-state index contributed by atoms with van der Waals surface area (Å²) in [6.45, 7) is 0. The summed E-state index contributed by atoms with van der Waals surface area (Å²) in [6, 6.07) is 0. The van der Waals surface area contributed by atoms with Crippen LogP contribution in [0.25, 0.3) is 0 Å². The Morgan fingerprint density at radius 1 is 0.900 bits per heavy atom. The van der Waals surface area contributed by atoms with Crippen molar-refractivity contribution >= 4 is 11.4 Å². The molecule has 4 nitrogen and oxygen atoms in total. The molecule has 1 saturated carbocycles.